The molecule has 17 heavy (non-hydrogen) atoms. The quantitative estimate of drug-likeness (QED) is 0.754. The van der Waals surface area contributed by atoms with Crippen LogP contribution in [0.4, 0.5) is 0 Å². The van der Waals surface area contributed by atoms with Gasteiger partial charge in [0.05, 0.1) is 12.2 Å². The molecule has 5 nitrogen and oxygen atoms in total. The summed E-state index contributed by atoms with van der Waals surface area (Å²) in [5, 5.41) is 11.3. The maximum atomic E-state index is 4.12. The smallest absolute Gasteiger partial charge is 0.0964 e. The van der Waals surface area contributed by atoms with E-state index in [0.29, 0.717) is 0 Å². The molecule has 2 rings (SSSR count). The summed E-state index contributed by atoms with van der Waals surface area (Å²) in [5.41, 5.74) is 1.01. The highest BCUT2D eigenvalue weighted by Crippen LogP contribution is 2.37. The van der Waals surface area contributed by atoms with Crippen LogP contribution in [0.25, 0.3) is 0 Å². The molecular weight excluding hydrogens is 214 g/mol. The van der Waals surface area contributed by atoms with Crippen LogP contribution in [0.5, 0.6) is 0 Å². The van der Waals surface area contributed by atoms with E-state index < -0.39 is 0 Å². The van der Waals surface area contributed by atoms with Crippen molar-refractivity contribution in [3.8, 4) is 0 Å². The van der Waals surface area contributed by atoms with Crippen molar-refractivity contribution in [1.29, 1.82) is 0 Å². The zero-order valence-corrected chi connectivity index (χ0v) is 11.1. The molecular formula is C12H23N5. The molecule has 0 aromatic carbocycles. The third-order valence-corrected chi connectivity index (χ3v) is 3.48. The zero-order valence-electron chi connectivity index (χ0n) is 11.1. The van der Waals surface area contributed by atoms with Gasteiger partial charge in [0, 0.05) is 25.8 Å². The van der Waals surface area contributed by atoms with Crippen molar-refractivity contribution in [3.63, 3.8) is 0 Å². The van der Waals surface area contributed by atoms with E-state index in [1.807, 2.05) is 17.9 Å². The third-order valence-electron chi connectivity index (χ3n) is 3.48. The standard InChI is InChI=1S/C12H23N5/c1-10-6-11(10)8-16(3)4-5-17-9-12(7-13-2)14-15-17/h9-11,13H,4-8H2,1-3H3. The van der Waals surface area contributed by atoms with Crippen LogP contribution in [-0.4, -0.2) is 47.1 Å². The van der Waals surface area contributed by atoms with Crippen LogP contribution in [0, 0.1) is 11.8 Å². The van der Waals surface area contributed by atoms with Gasteiger partial charge in [0.1, 0.15) is 0 Å². The van der Waals surface area contributed by atoms with E-state index >= 15 is 0 Å². The highest BCUT2D eigenvalue weighted by molar-refractivity contribution is 4.91. The lowest BCUT2D eigenvalue weighted by Crippen LogP contribution is -2.26. The Morgan fingerprint density at radius 3 is 3.00 bits per heavy atom. The molecule has 1 aromatic rings. The van der Waals surface area contributed by atoms with Gasteiger partial charge in [-0.1, -0.05) is 12.1 Å². The molecule has 0 bridgehead atoms. The van der Waals surface area contributed by atoms with Crippen molar-refractivity contribution in [1.82, 2.24) is 25.2 Å². The Morgan fingerprint density at radius 1 is 1.59 bits per heavy atom. The van der Waals surface area contributed by atoms with Gasteiger partial charge in [0.2, 0.25) is 0 Å². The summed E-state index contributed by atoms with van der Waals surface area (Å²) in [6.07, 6.45) is 3.42. The average Bonchev–Trinajstić information content (AvgIpc) is 2.79. The van der Waals surface area contributed by atoms with E-state index in [4.69, 9.17) is 0 Å². The molecule has 1 N–H and O–H groups in total. The Hall–Kier alpha value is -0.940. The van der Waals surface area contributed by atoms with E-state index in [9.17, 15) is 0 Å². The van der Waals surface area contributed by atoms with Crippen LogP contribution in [0.1, 0.15) is 19.0 Å². The van der Waals surface area contributed by atoms with E-state index in [1.54, 1.807) is 0 Å². The summed E-state index contributed by atoms with van der Waals surface area (Å²) in [4.78, 5) is 2.40. The zero-order chi connectivity index (χ0) is 12.3. The molecule has 96 valence electrons. The Bertz CT molecular complexity index is 348. The fourth-order valence-corrected chi connectivity index (χ4v) is 2.13. The number of likely N-dealkylation sites (N-methyl/N-ethyl adjacent to an activating group) is 1. The maximum absolute atomic E-state index is 4.12. The van der Waals surface area contributed by atoms with Gasteiger partial charge in [-0.3, -0.25) is 4.68 Å². The van der Waals surface area contributed by atoms with Crippen LogP contribution in [0.3, 0.4) is 0 Å². The SMILES string of the molecule is CNCc1cn(CCN(C)CC2CC2C)nn1. The summed E-state index contributed by atoms with van der Waals surface area (Å²) in [5.74, 6) is 1.86. The van der Waals surface area contributed by atoms with Gasteiger partial charge in [0.25, 0.3) is 0 Å². The van der Waals surface area contributed by atoms with Crippen molar-refractivity contribution >= 4 is 0 Å². The topological polar surface area (TPSA) is 46.0 Å². The highest BCUT2D eigenvalue weighted by Gasteiger charge is 2.32. The maximum Gasteiger partial charge on any atom is 0.0964 e. The minimum atomic E-state index is 0.787. The molecule has 1 aromatic heterocycles. The summed E-state index contributed by atoms with van der Waals surface area (Å²) in [7, 11) is 4.11. The molecule has 0 spiro atoms. The molecule has 1 aliphatic carbocycles. The molecule has 5 heteroatoms. The summed E-state index contributed by atoms with van der Waals surface area (Å²) in [6, 6.07) is 0. The van der Waals surface area contributed by atoms with Gasteiger partial charge in [0.15, 0.2) is 0 Å². The summed E-state index contributed by atoms with van der Waals surface area (Å²) < 4.78 is 1.93. The van der Waals surface area contributed by atoms with E-state index in [0.717, 1.165) is 37.2 Å². The van der Waals surface area contributed by atoms with Crippen LogP contribution in [0.15, 0.2) is 6.20 Å². The van der Waals surface area contributed by atoms with Crippen LogP contribution < -0.4 is 5.32 Å². The first-order valence-corrected chi connectivity index (χ1v) is 6.41. The van der Waals surface area contributed by atoms with Gasteiger partial charge in [-0.2, -0.15) is 0 Å². The van der Waals surface area contributed by atoms with E-state index in [1.165, 1.54) is 13.0 Å². The Morgan fingerprint density at radius 2 is 2.35 bits per heavy atom. The predicted molar refractivity (Wildman–Crippen MR) is 67.6 cm³/mol. The van der Waals surface area contributed by atoms with Gasteiger partial charge in [-0.25, -0.2) is 0 Å². The first-order chi connectivity index (χ1) is 8.19. The minimum absolute atomic E-state index is 0.787. The van der Waals surface area contributed by atoms with Crippen molar-refractivity contribution in [2.75, 3.05) is 27.2 Å². The fraction of sp³-hybridized carbons (Fsp3) is 0.833. The van der Waals surface area contributed by atoms with E-state index in [2.05, 4.69) is 34.5 Å². The van der Waals surface area contributed by atoms with Gasteiger partial charge < -0.3 is 10.2 Å². The van der Waals surface area contributed by atoms with Gasteiger partial charge >= 0.3 is 0 Å². The number of aromatic nitrogens is 3. The predicted octanol–water partition coefficient (Wildman–Crippen LogP) is 0.585. The molecule has 2 unspecified atom stereocenters. The van der Waals surface area contributed by atoms with E-state index in [-0.39, 0.29) is 0 Å². The number of nitrogens with one attached hydrogen (secondary N) is 1. The third kappa shape index (κ3) is 3.78. The first kappa shape index (κ1) is 12.5. The average molecular weight is 237 g/mol. The van der Waals surface area contributed by atoms with Crippen molar-refractivity contribution in [2.45, 2.75) is 26.4 Å². The Balaban J connectivity index is 1.69. The van der Waals surface area contributed by atoms with Crippen LogP contribution in [0.2, 0.25) is 0 Å². The highest BCUT2D eigenvalue weighted by atomic mass is 15.4. The molecule has 0 saturated heterocycles. The molecule has 1 heterocycles. The normalized spacial score (nSPS) is 23.3. The molecule has 0 radical (unpaired) electrons. The molecule has 2 atom stereocenters. The second-order valence-corrected chi connectivity index (χ2v) is 5.24. The summed E-state index contributed by atoms with van der Waals surface area (Å²) in [6.45, 7) is 6.31. The number of hydrogen-bond acceptors (Lipinski definition) is 4. The van der Waals surface area contributed by atoms with Crippen LogP contribution in [-0.2, 0) is 13.1 Å². The molecule has 0 amide bonds. The lowest BCUT2D eigenvalue weighted by Gasteiger charge is -2.15. The van der Waals surface area contributed by atoms with Gasteiger partial charge in [-0.05, 0) is 32.4 Å². The molecule has 1 aliphatic rings. The van der Waals surface area contributed by atoms with Gasteiger partial charge in [-0.15, -0.1) is 5.10 Å². The second-order valence-electron chi connectivity index (χ2n) is 5.24. The number of rotatable bonds is 7. The largest absolute Gasteiger partial charge is 0.314 e. The minimum Gasteiger partial charge on any atom is -0.314 e. The molecule has 0 aliphatic heterocycles. The van der Waals surface area contributed by atoms with Crippen molar-refractivity contribution in [2.24, 2.45) is 11.8 Å². The lowest BCUT2D eigenvalue weighted by molar-refractivity contribution is 0.295. The molecule has 1 fully saturated rings. The summed E-state index contributed by atoms with van der Waals surface area (Å²) >= 11 is 0. The first-order valence-electron chi connectivity index (χ1n) is 6.41. The molecule has 1 saturated carbocycles. The van der Waals surface area contributed by atoms with Crippen molar-refractivity contribution < 1.29 is 0 Å². The fourth-order valence-electron chi connectivity index (χ4n) is 2.13. The number of hydrogen-bond donors (Lipinski definition) is 1. The second kappa shape index (κ2) is 5.60. The monoisotopic (exact) mass is 237 g/mol. The lowest BCUT2D eigenvalue weighted by atomic mass is 10.3. The Labute approximate surface area is 103 Å². The number of nitrogens with zero attached hydrogens (tertiary/aromatic N) is 4. The van der Waals surface area contributed by atoms with Crippen molar-refractivity contribution in [3.05, 3.63) is 11.9 Å². The van der Waals surface area contributed by atoms with Crippen LogP contribution >= 0.6 is 0 Å². The Kier molecular flexibility index (Phi) is 4.12.